The van der Waals surface area contributed by atoms with E-state index >= 15 is 0 Å². The van der Waals surface area contributed by atoms with Crippen molar-refractivity contribution in [3.05, 3.63) is 0 Å². The average Bonchev–Trinajstić information content (AvgIpc) is 3.22. The summed E-state index contributed by atoms with van der Waals surface area (Å²) >= 11 is 0. The van der Waals surface area contributed by atoms with Gasteiger partial charge in [-0.15, -0.1) is 5.06 Å². The summed E-state index contributed by atoms with van der Waals surface area (Å²) < 4.78 is 35.2. The Hall–Kier alpha value is -0.760. The molecule has 0 amide bonds. The van der Waals surface area contributed by atoms with Crippen molar-refractivity contribution in [1.82, 2.24) is 5.06 Å². The maximum Gasteiger partial charge on any atom is 0.164 e. The number of hydrogen-bond donors (Lipinski definition) is 1. The van der Waals surface area contributed by atoms with Crippen molar-refractivity contribution in [3.63, 3.8) is 0 Å². The van der Waals surface area contributed by atoms with Gasteiger partial charge >= 0.3 is 0 Å². The fourth-order valence-corrected chi connectivity index (χ4v) is 4.09. The quantitative estimate of drug-likeness (QED) is 0.524. The van der Waals surface area contributed by atoms with Crippen LogP contribution in [0.5, 0.6) is 0 Å². The van der Waals surface area contributed by atoms with E-state index < -0.39 is 36.1 Å². The van der Waals surface area contributed by atoms with Crippen LogP contribution in [0.4, 0.5) is 0 Å². The molecule has 3 heterocycles. The minimum atomic E-state index is -0.777. The summed E-state index contributed by atoms with van der Waals surface area (Å²) in [6.07, 6.45) is -1.62. The van der Waals surface area contributed by atoms with Crippen LogP contribution >= 0.6 is 0 Å². The van der Waals surface area contributed by atoms with Gasteiger partial charge in [0.15, 0.2) is 17.8 Å². The van der Waals surface area contributed by atoms with Crippen LogP contribution in [-0.2, 0) is 28.4 Å². The number of hydrogen-bond acceptors (Lipinski definition) is 8. The third kappa shape index (κ3) is 5.30. The first kappa shape index (κ1) is 22.9. The lowest BCUT2D eigenvalue weighted by atomic mass is 10.0. The first-order valence-electron chi connectivity index (χ1n) is 10.3. The van der Waals surface area contributed by atoms with Crippen LogP contribution in [0.1, 0.15) is 48.0 Å². The van der Waals surface area contributed by atoms with Crippen molar-refractivity contribution in [2.45, 2.75) is 96.2 Å². The highest BCUT2D eigenvalue weighted by molar-refractivity contribution is 5.10. The smallest absolute Gasteiger partial charge is 0.164 e. The standard InChI is InChI=1S/C21H35NO7/c1-13(2)11-14(9-8-10-24-7)22(23)19-18-17(28-21(5,6)29-18)16(26-19)15-12-25-20(3,4)27-15/h13-19,23H,10-12H2,1-7H3/t14-,15+,16+,17-,18-,19+/m0/s1. The summed E-state index contributed by atoms with van der Waals surface area (Å²) in [6, 6.07) is -0.418. The van der Waals surface area contributed by atoms with Crippen molar-refractivity contribution in [1.29, 1.82) is 0 Å². The Morgan fingerprint density at radius 1 is 1.07 bits per heavy atom. The Bertz CT molecular complexity index is 626. The van der Waals surface area contributed by atoms with Crippen LogP contribution in [0.2, 0.25) is 0 Å². The molecule has 3 saturated heterocycles. The molecule has 8 nitrogen and oxygen atoms in total. The minimum Gasteiger partial charge on any atom is -0.372 e. The zero-order valence-electron chi connectivity index (χ0n) is 18.5. The molecular formula is C21H35NO7. The normalized spacial score (nSPS) is 36.3. The molecule has 0 spiro atoms. The fourth-order valence-electron chi connectivity index (χ4n) is 4.09. The Kier molecular flexibility index (Phi) is 6.93. The van der Waals surface area contributed by atoms with Crippen LogP contribution in [0, 0.1) is 17.8 Å². The topological polar surface area (TPSA) is 78.9 Å². The SMILES string of the molecule is COCC#C[C@@H](CC(C)C)N(O)[C@@H]1O[C@H]([C@H]2COC(C)(C)O2)[C@@H]2OC(C)(C)O[C@@H]21. The minimum absolute atomic E-state index is 0.303. The molecule has 6 atom stereocenters. The van der Waals surface area contributed by atoms with Gasteiger partial charge in [-0.3, -0.25) is 0 Å². The van der Waals surface area contributed by atoms with Crippen LogP contribution in [-0.4, -0.2) is 78.9 Å². The van der Waals surface area contributed by atoms with E-state index in [0.717, 1.165) is 0 Å². The molecule has 8 heteroatoms. The Morgan fingerprint density at radius 3 is 2.34 bits per heavy atom. The second-order valence-electron chi connectivity index (χ2n) is 9.20. The zero-order chi connectivity index (χ0) is 21.4. The van der Waals surface area contributed by atoms with Crippen LogP contribution < -0.4 is 0 Å². The summed E-state index contributed by atoms with van der Waals surface area (Å²) in [5, 5.41) is 12.3. The highest BCUT2D eigenvalue weighted by atomic mass is 16.8. The van der Waals surface area contributed by atoms with Gasteiger partial charge in [0.25, 0.3) is 0 Å². The van der Waals surface area contributed by atoms with E-state index in [0.29, 0.717) is 25.6 Å². The lowest BCUT2D eigenvalue weighted by Gasteiger charge is -2.32. The molecule has 29 heavy (non-hydrogen) atoms. The second-order valence-corrected chi connectivity index (χ2v) is 9.20. The van der Waals surface area contributed by atoms with Gasteiger partial charge in [0.1, 0.15) is 31.0 Å². The fraction of sp³-hybridized carbons (Fsp3) is 0.905. The predicted octanol–water partition coefficient (Wildman–Crippen LogP) is 2.14. The van der Waals surface area contributed by atoms with Gasteiger partial charge in [0.2, 0.25) is 0 Å². The van der Waals surface area contributed by atoms with Crippen LogP contribution in [0.15, 0.2) is 0 Å². The second kappa shape index (κ2) is 8.77. The number of rotatable bonds is 6. The lowest BCUT2D eigenvalue weighted by molar-refractivity contribution is -0.278. The van der Waals surface area contributed by atoms with E-state index in [1.54, 1.807) is 7.11 Å². The molecule has 1 N–H and O–H groups in total. The molecule has 0 aromatic heterocycles. The molecule has 0 aromatic carbocycles. The van der Waals surface area contributed by atoms with Crippen molar-refractivity contribution < 1.29 is 33.6 Å². The summed E-state index contributed by atoms with van der Waals surface area (Å²) in [5.74, 6) is 4.93. The zero-order valence-corrected chi connectivity index (χ0v) is 18.5. The highest BCUT2D eigenvalue weighted by Crippen LogP contribution is 2.43. The molecule has 0 aromatic rings. The van der Waals surface area contributed by atoms with Crippen LogP contribution in [0.25, 0.3) is 0 Å². The molecule has 0 unspecified atom stereocenters. The van der Waals surface area contributed by atoms with E-state index in [1.165, 1.54) is 5.06 Å². The highest BCUT2D eigenvalue weighted by Gasteiger charge is 2.60. The molecule has 3 aliphatic rings. The largest absolute Gasteiger partial charge is 0.372 e. The first-order valence-corrected chi connectivity index (χ1v) is 10.3. The monoisotopic (exact) mass is 413 g/mol. The van der Waals surface area contributed by atoms with Gasteiger partial charge in [0.05, 0.1) is 12.6 Å². The molecule has 0 radical (unpaired) electrons. The van der Waals surface area contributed by atoms with E-state index in [2.05, 4.69) is 25.7 Å². The number of fused-ring (bicyclic) bond motifs is 1. The molecule has 3 aliphatic heterocycles. The van der Waals surface area contributed by atoms with Gasteiger partial charge in [0, 0.05) is 7.11 Å². The third-order valence-electron chi connectivity index (χ3n) is 5.22. The van der Waals surface area contributed by atoms with E-state index in [-0.39, 0.29) is 12.2 Å². The van der Waals surface area contributed by atoms with E-state index in [9.17, 15) is 5.21 Å². The Morgan fingerprint density at radius 2 is 1.76 bits per heavy atom. The van der Waals surface area contributed by atoms with Crippen molar-refractivity contribution in [3.8, 4) is 11.8 Å². The number of ether oxygens (including phenoxy) is 6. The third-order valence-corrected chi connectivity index (χ3v) is 5.22. The first-order chi connectivity index (χ1) is 13.5. The molecule has 166 valence electrons. The van der Waals surface area contributed by atoms with E-state index in [4.69, 9.17) is 28.4 Å². The van der Waals surface area contributed by atoms with Gasteiger partial charge in [-0.05, 0) is 40.0 Å². The average molecular weight is 414 g/mol. The Labute approximate surface area is 173 Å². The maximum absolute atomic E-state index is 11.1. The van der Waals surface area contributed by atoms with E-state index in [1.807, 2.05) is 27.7 Å². The maximum atomic E-state index is 11.1. The van der Waals surface area contributed by atoms with Crippen LogP contribution in [0.3, 0.4) is 0 Å². The predicted molar refractivity (Wildman–Crippen MR) is 104 cm³/mol. The molecule has 3 fully saturated rings. The number of nitrogens with zero attached hydrogens (tertiary/aromatic N) is 1. The van der Waals surface area contributed by atoms with Gasteiger partial charge in [-0.1, -0.05) is 25.7 Å². The summed E-state index contributed by atoms with van der Waals surface area (Å²) in [5.41, 5.74) is 0. The summed E-state index contributed by atoms with van der Waals surface area (Å²) in [4.78, 5) is 0. The lowest BCUT2D eigenvalue weighted by Crippen LogP contribution is -2.47. The Balaban J connectivity index is 1.80. The number of hydroxylamine groups is 2. The summed E-state index contributed by atoms with van der Waals surface area (Å²) in [6.45, 7) is 12.3. The van der Waals surface area contributed by atoms with Crippen molar-refractivity contribution in [2.75, 3.05) is 20.3 Å². The molecule has 0 bridgehead atoms. The summed E-state index contributed by atoms with van der Waals surface area (Å²) in [7, 11) is 1.59. The molecular weight excluding hydrogens is 378 g/mol. The van der Waals surface area contributed by atoms with Crippen molar-refractivity contribution >= 4 is 0 Å². The van der Waals surface area contributed by atoms with Gasteiger partial charge in [-0.25, -0.2) is 0 Å². The molecule has 0 aliphatic carbocycles. The molecule has 3 rings (SSSR count). The van der Waals surface area contributed by atoms with Gasteiger partial charge < -0.3 is 33.6 Å². The molecule has 0 saturated carbocycles. The number of methoxy groups -OCH3 is 1. The van der Waals surface area contributed by atoms with Crippen molar-refractivity contribution in [2.24, 2.45) is 5.92 Å². The van der Waals surface area contributed by atoms with Gasteiger partial charge in [-0.2, -0.15) is 0 Å².